The minimum atomic E-state index is -3.53. The van der Waals surface area contributed by atoms with E-state index in [-0.39, 0.29) is 17.2 Å². The standard InChI is InChI=1S/C20H28N4O3S/c1-14-7-8-18(13-15(14)2)21-19(25)9-12-24-17(4)20(16(3)22-24)28(26,27)23-10-5-6-11-23/h7-8,13H,5-6,9-12H2,1-4H3,(H,21,25). The molecule has 0 aliphatic carbocycles. The maximum atomic E-state index is 12.9. The number of sulfonamides is 1. The average Bonchev–Trinajstić information content (AvgIpc) is 3.25. The van der Waals surface area contributed by atoms with E-state index in [0.29, 0.717) is 31.0 Å². The zero-order chi connectivity index (χ0) is 20.5. The molecule has 28 heavy (non-hydrogen) atoms. The predicted octanol–water partition coefficient (Wildman–Crippen LogP) is 2.93. The van der Waals surface area contributed by atoms with Crippen LogP contribution in [0.3, 0.4) is 0 Å². The van der Waals surface area contributed by atoms with E-state index in [0.717, 1.165) is 24.1 Å². The molecule has 1 N–H and O–H groups in total. The fraction of sp³-hybridized carbons (Fsp3) is 0.500. The molecule has 8 heteroatoms. The molecule has 1 saturated heterocycles. The van der Waals surface area contributed by atoms with Gasteiger partial charge in [0.25, 0.3) is 0 Å². The number of benzene rings is 1. The summed E-state index contributed by atoms with van der Waals surface area (Å²) in [6.45, 7) is 8.95. The van der Waals surface area contributed by atoms with Gasteiger partial charge in [-0.2, -0.15) is 9.40 Å². The number of anilines is 1. The Balaban J connectivity index is 1.69. The Morgan fingerprint density at radius 2 is 1.79 bits per heavy atom. The molecule has 1 aliphatic heterocycles. The number of rotatable bonds is 6. The van der Waals surface area contributed by atoms with Crippen LogP contribution in [0.5, 0.6) is 0 Å². The van der Waals surface area contributed by atoms with E-state index in [9.17, 15) is 13.2 Å². The number of nitrogens with zero attached hydrogens (tertiary/aromatic N) is 3. The molecule has 2 heterocycles. The fourth-order valence-corrected chi connectivity index (χ4v) is 5.47. The van der Waals surface area contributed by atoms with Crippen molar-refractivity contribution in [1.82, 2.24) is 14.1 Å². The lowest BCUT2D eigenvalue weighted by molar-refractivity contribution is -0.116. The second-order valence-corrected chi connectivity index (χ2v) is 9.31. The topological polar surface area (TPSA) is 84.3 Å². The number of aryl methyl sites for hydroxylation is 4. The Kier molecular flexibility index (Phi) is 5.90. The highest BCUT2D eigenvalue weighted by molar-refractivity contribution is 7.89. The molecule has 2 aromatic rings. The molecule has 152 valence electrons. The Morgan fingerprint density at radius 1 is 1.11 bits per heavy atom. The van der Waals surface area contributed by atoms with E-state index in [4.69, 9.17) is 0 Å². The van der Waals surface area contributed by atoms with E-state index in [2.05, 4.69) is 10.4 Å². The first kappa shape index (κ1) is 20.5. The van der Waals surface area contributed by atoms with Crippen molar-refractivity contribution in [2.45, 2.75) is 58.4 Å². The zero-order valence-electron chi connectivity index (χ0n) is 16.9. The summed E-state index contributed by atoms with van der Waals surface area (Å²) in [6, 6.07) is 5.79. The van der Waals surface area contributed by atoms with Gasteiger partial charge in [-0.05, 0) is 63.8 Å². The molecule has 3 rings (SSSR count). The van der Waals surface area contributed by atoms with Gasteiger partial charge in [-0.3, -0.25) is 9.48 Å². The molecule has 0 unspecified atom stereocenters. The van der Waals surface area contributed by atoms with Crippen LogP contribution in [0, 0.1) is 27.7 Å². The van der Waals surface area contributed by atoms with Crippen LogP contribution in [-0.4, -0.2) is 41.5 Å². The van der Waals surface area contributed by atoms with Crippen molar-refractivity contribution in [3.8, 4) is 0 Å². The second-order valence-electron chi connectivity index (χ2n) is 7.43. The lowest BCUT2D eigenvalue weighted by Gasteiger charge is -2.15. The molecule has 0 saturated carbocycles. The number of carbonyl (C=O) groups is 1. The normalized spacial score (nSPS) is 15.1. The minimum absolute atomic E-state index is 0.125. The highest BCUT2D eigenvalue weighted by Gasteiger charge is 2.32. The Morgan fingerprint density at radius 3 is 2.43 bits per heavy atom. The maximum absolute atomic E-state index is 12.9. The van der Waals surface area contributed by atoms with Gasteiger partial charge in [-0.1, -0.05) is 6.07 Å². The molecular weight excluding hydrogens is 376 g/mol. The largest absolute Gasteiger partial charge is 0.326 e. The summed E-state index contributed by atoms with van der Waals surface area (Å²) >= 11 is 0. The van der Waals surface area contributed by atoms with E-state index >= 15 is 0 Å². The highest BCUT2D eigenvalue weighted by Crippen LogP contribution is 2.26. The lowest BCUT2D eigenvalue weighted by Crippen LogP contribution is -2.28. The summed E-state index contributed by atoms with van der Waals surface area (Å²) in [6.07, 6.45) is 2.01. The third kappa shape index (κ3) is 4.12. The van der Waals surface area contributed by atoms with Crippen LogP contribution in [0.2, 0.25) is 0 Å². The molecule has 0 radical (unpaired) electrons. The molecule has 1 aliphatic rings. The number of nitrogens with one attached hydrogen (secondary N) is 1. The van der Waals surface area contributed by atoms with Crippen LogP contribution >= 0.6 is 0 Å². The van der Waals surface area contributed by atoms with Crippen LogP contribution in [0.4, 0.5) is 5.69 Å². The molecule has 1 amide bonds. The van der Waals surface area contributed by atoms with Gasteiger partial charge in [0.2, 0.25) is 15.9 Å². The van der Waals surface area contributed by atoms with Crippen molar-refractivity contribution in [3.05, 3.63) is 40.7 Å². The maximum Gasteiger partial charge on any atom is 0.246 e. The lowest BCUT2D eigenvalue weighted by atomic mass is 10.1. The summed E-state index contributed by atoms with van der Waals surface area (Å²) in [5.74, 6) is -0.125. The van der Waals surface area contributed by atoms with Crippen LogP contribution in [-0.2, 0) is 21.4 Å². The van der Waals surface area contributed by atoms with E-state index in [1.54, 1.807) is 18.5 Å². The van der Waals surface area contributed by atoms with Crippen LogP contribution < -0.4 is 5.32 Å². The van der Waals surface area contributed by atoms with Gasteiger partial charge in [0.15, 0.2) is 0 Å². The molecule has 1 aromatic carbocycles. The third-order valence-corrected chi connectivity index (χ3v) is 7.47. The number of amides is 1. The zero-order valence-corrected chi connectivity index (χ0v) is 17.8. The monoisotopic (exact) mass is 404 g/mol. The molecule has 0 bridgehead atoms. The highest BCUT2D eigenvalue weighted by atomic mass is 32.2. The first-order valence-electron chi connectivity index (χ1n) is 9.61. The smallest absolute Gasteiger partial charge is 0.246 e. The first-order valence-corrected chi connectivity index (χ1v) is 11.1. The molecule has 0 spiro atoms. The van der Waals surface area contributed by atoms with Gasteiger partial charge in [0.05, 0.1) is 17.9 Å². The fourth-order valence-electron chi connectivity index (χ4n) is 3.58. The van der Waals surface area contributed by atoms with Gasteiger partial charge >= 0.3 is 0 Å². The van der Waals surface area contributed by atoms with Crippen molar-refractivity contribution in [1.29, 1.82) is 0 Å². The molecule has 1 fully saturated rings. The SMILES string of the molecule is Cc1ccc(NC(=O)CCn2nc(C)c(S(=O)(=O)N3CCCC3)c2C)cc1C. The first-order chi connectivity index (χ1) is 13.2. The van der Waals surface area contributed by atoms with Gasteiger partial charge in [0.1, 0.15) is 4.90 Å². The molecule has 7 nitrogen and oxygen atoms in total. The Hall–Kier alpha value is -2.19. The van der Waals surface area contributed by atoms with Crippen molar-refractivity contribution in [2.75, 3.05) is 18.4 Å². The molecule has 1 aromatic heterocycles. The van der Waals surface area contributed by atoms with Crippen molar-refractivity contribution >= 4 is 21.6 Å². The van der Waals surface area contributed by atoms with Crippen LogP contribution in [0.1, 0.15) is 41.8 Å². The van der Waals surface area contributed by atoms with Crippen LogP contribution in [0.25, 0.3) is 0 Å². The van der Waals surface area contributed by atoms with Crippen LogP contribution in [0.15, 0.2) is 23.1 Å². The van der Waals surface area contributed by atoms with Gasteiger partial charge in [-0.15, -0.1) is 0 Å². The summed E-state index contributed by atoms with van der Waals surface area (Å²) < 4.78 is 29.0. The number of hydrogen-bond donors (Lipinski definition) is 1. The number of hydrogen-bond acceptors (Lipinski definition) is 4. The third-order valence-electron chi connectivity index (χ3n) is 5.32. The van der Waals surface area contributed by atoms with Gasteiger partial charge in [0, 0.05) is 25.2 Å². The van der Waals surface area contributed by atoms with E-state index in [1.165, 1.54) is 9.87 Å². The predicted molar refractivity (Wildman–Crippen MR) is 109 cm³/mol. The molecule has 0 atom stereocenters. The van der Waals surface area contributed by atoms with Crippen molar-refractivity contribution in [3.63, 3.8) is 0 Å². The van der Waals surface area contributed by atoms with E-state index in [1.807, 2.05) is 32.0 Å². The Labute approximate surface area is 166 Å². The van der Waals surface area contributed by atoms with Crippen molar-refractivity contribution < 1.29 is 13.2 Å². The van der Waals surface area contributed by atoms with Crippen molar-refractivity contribution in [2.24, 2.45) is 0 Å². The van der Waals surface area contributed by atoms with E-state index < -0.39 is 10.0 Å². The summed E-state index contributed by atoms with van der Waals surface area (Å²) in [5, 5.41) is 7.27. The summed E-state index contributed by atoms with van der Waals surface area (Å²) in [7, 11) is -3.53. The van der Waals surface area contributed by atoms with Gasteiger partial charge < -0.3 is 5.32 Å². The van der Waals surface area contributed by atoms with Gasteiger partial charge in [-0.25, -0.2) is 8.42 Å². The minimum Gasteiger partial charge on any atom is -0.326 e. The average molecular weight is 405 g/mol. The second kappa shape index (κ2) is 8.05. The Bertz CT molecular complexity index is 989. The number of aromatic nitrogens is 2. The number of carbonyl (C=O) groups excluding carboxylic acids is 1. The summed E-state index contributed by atoms with van der Waals surface area (Å²) in [5.41, 5.74) is 4.13. The quantitative estimate of drug-likeness (QED) is 0.802. The summed E-state index contributed by atoms with van der Waals surface area (Å²) in [4.78, 5) is 12.6. The molecular formula is C20H28N4O3S.